The van der Waals surface area contributed by atoms with Crippen molar-refractivity contribution >= 4 is 29.5 Å². The Bertz CT molecular complexity index is 182. The summed E-state index contributed by atoms with van der Waals surface area (Å²) in [6, 6.07) is 1.51. The normalized spacial score (nSPS) is 28.4. The van der Waals surface area contributed by atoms with Crippen molar-refractivity contribution in [3.8, 4) is 0 Å². The van der Waals surface area contributed by atoms with Crippen LogP contribution in [0.15, 0.2) is 0 Å². The van der Waals surface area contributed by atoms with Gasteiger partial charge < -0.3 is 4.23 Å². The minimum Gasteiger partial charge on any atom is -0.350 e. The molecule has 4 heteroatoms. The van der Waals surface area contributed by atoms with Crippen LogP contribution in [-0.2, 0) is 0 Å². The average Bonchev–Trinajstić information content (AvgIpc) is 2.21. The van der Waals surface area contributed by atoms with Gasteiger partial charge >= 0.3 is 0 Å². The van der Waals surface area contributed by atoms with Gasteiger partial charge in [0.1, 0.15) is 8.24 Å². The smallest absolute Gasteiger partial charge is 0.120 e. The minimum absolute atomic E-state index is 0.0650. The standard InChI is InChI=1S/C9H22ClNSi2/c1-9(2)8-12-11(7-5-6-10)13(9,3)4/h5-8,12H2,1-4H3. The van der Waals surface area contributed by atoms with Gasteiger partial charge in [-0.05, 0) is 24.0 Å². The van der Waals surface area contributed by atoms with Crippen LogP contribution in [0.4, 0.5) is 0 Å². The molecule has 1 aliphatic rings. The van der Waals surface area contributed by atoms with E-state index < -0.39 is 8.24 Å². The molecule has 0 aromatic heterocycles. The van der Waals surface area contributed by atoms with Crippen LogP contribution in [0.5, 0.6) is 0 Å². The zero-order valence-corrected chi connectivity index (χ0v) is 12.5. The molecule has 0 atom stereocenters. The van der Waals surface area contributed by atoms with Crippen LogP contribution < -0.4 is 0 Å². The summed E-state index contributed by atoms with van der Waals surface area (Å²) in [6.07, 6.45) is 1.18. The van der Waals surface area contributed by atoms with E-state index in [4.69, 9.17) is 11.6 Å². The van der Waals surface area contributed by atoms with Crippen LogP contribution in [0, 0.1) is 0 Å². The van der Waals surface area contributed by atoms with Crippen LogP contribution in [0.1, 0.15) is 20.3 Å². The maximum atomic E-state index is 5.75. The Labute approximate surface area is 90.8 Å². The lowest BCUT2D eigenvalue weighted by molar-refractivity contribution is 0.611. The fourth-order valence-corrected chi connectivity index (χ4v) is 11.7. The lowest BCUT2D eigenvalue weighted by atomic mass is 10.2. The van der Waals surface area contributed by atoms with Gasteiger partial charge in [0.2, 0.25) is 0 Å². The summed E-state index contributed by atoms with van der Waals surface area (Å²) < 4.78 is 2.86. The van der Waals surface area contributed by atoms with Crippen molar-refractivity contribution in [3.05, 3.63) is 0 Å². The fourth-order valence-electron chi connectivity index (χ4n) is 2.07. The van der Waals surface area contributed by atoms with E-state index in [1.807, 2.05) is 0 Å². The molecule has 0 amide bonds. The molecule has 1 rings (SSSR count). The van der Waals surface area contributed by atoms with Crippen molar-refractivity contribution in [1.29, 1.82) is 0 Å². The molecule has 0 aliphatic carbocycles. The lowest BCUT2D eigenvalue weighted by Crippen LogP contribution is -2.50. The molecular formula is C9H22ClNSi2. The van der Waals surface area contributed by atoms with E-state index in [0.717, 1.165) is 5.88 Å². The van der Waals surface area contributed by atoms with Gasteiger partial charge in [0, 0.05) is 5.88 Å². The van der Waals surface area contributed by atoms with Gasteiger partial charge in [0.25, 0.3) is 0 Å². The second-order valence-corrected chi connectivity index (χ2v) is 13.0. The number of nitrogens with zero attached hydrogens (tertiary/aromatic N) is 1. The van der Waals surface area contributed by atoms with Gasteiger partial charge in [-0.1, -0.05) is 26.9 Å². The Morgan fingerprint density at radius 3 is 2.46 bits per heavy atom. The molecule has 0 bridgehead atoms. The summed E-state index contributed by atoms with van der Waals surface area (Å²) >= 11 is 5.75. The summed E-state index contributed by atoms with van der Waals surface area (Å²) in [6.45, 7) is 11.3. The maximum absolute atomic E-state index is 5.75. The second kappa shape index (κ2) is 4.05. The molecule has 0 saturated carbocycles. The first-order valence-corrected chi connectivity index (χ1v) is 10.3. The molecule has 0 N–H and O–H groups in total. The van der Waals surface area contributed by atoms with E-state index in [1.165, 1.54) is 19.0 Å². The average molecular weight is 236 g/mol. The van der Waals surface area contributed by atoms with Crippen LogP contribution in [0.2, 0.25) is 24.2 Å². The zero-order chi connectivity index (χ0) is 10.1. The topological polar surface area (TPSA) is 3.24 Å². The summed E-state index contributed by atoms with van der Waals surface area (Å²) in [7, 11) is -1.03. The highest BCUT2D eigenvalue weighted by Gasteiger charge is 2.48. The van der Waals surface area contributed by atoms with E-state index in [-0.39, 0.29) is 9.68 Å². The highest BCUT2D eigenvalue weighted by atomic mass is 35.5. The lowest BCUT2D eigenvalue weighted by Gasteiger charge is -2.39. The van der Waals surface area contributed by atoms with Crippen LogP contribution in [0.3, 0.4) is 0 Å². The monoisotopic (exact) mass is 235 g/mol. The second-order valence-electron chi connectivity index (χ2n) is 5.22. The molecule has 0 aromatic carbocycles. The molecule has 78 valence electrons. The number of hydrogen-bond donors (Lipinski definition) is 0. The van der Waals surface area contributed by atoms with Crippen molar-refractivity contribution in [2.75, 3.05) is 12.4 Å². The Kier molecular flexibility index (Phi) is 3.66. The number of alkyl halides is 1. The SMILES string of the molecule is CC1(C)C[SiH2]N(CCCCl)[Si]1(C)C. The molecule has 1 nitrogen and oxygen atoms in total. The van der Waals surface area contributed by atoms with E-state index in [9.17, 15) is 0 Å². The molecule has 0 spiro atoms. The Balaban J connectivity index is 2.60. The summed E-state index contributed by atoms with van der Waals surface area (Å²) in [5, 5.41) is 0.644. The molecule has 1 heterocycles. The fraction of sp³-hybridized carbons (Fsp3) is 1.00. The molecule has 0 unspecified atom stereocenters. The van der Waals surface area contributed by atoms with Crippen molar-refractivity contribution in [2.24, 2.45) is 0 Å². The predicted octanol–water partition coefficient (Wildman–Crippen LogP) is 2.42. The largest absolute Gasteiger partial charge is 0.350 e. The van der Waals surface area contributed by atoms with Gasteiger partial charge in [-0.15, -0.1) is 11.6 Å². The Morgan fingerprint density at radius 2 is 2.08 bits per heavy atom. The maximum Gasteiger partial charge on any atom is 0.120 e. The van der Waals surface area contributed by atoms with Crippen LogP contribution in [0.25, 0.3) is 0 Å². The molecule has 1 saturated heterocycles. The first kappa shape index (κ1) is 11.8. The highest BCUT2D eigenvalue weighted by Crippen LogP contribution is 2.47. The summed E-state index contributed by atoms with van der Waals surface area (Å²) in [4.78, 5) is 0. The van der Waals surface area contributed by atoms with Crippen molar-refractivity contribution in [1.82, 2.24) is 4.23 Å². The highest BCUT2D eigenvalue weighted by molar-refractivity contribution is 6.86. The van der Waals surface area contributed by atoms with E-state index in [2.05, 4.69) is 31.2 Å². The zero-order valence-electron chi connectivity index (χ0n) is 9.36. The van der Waals surface area contributed by atoms with Gasteiger partial charge in [-0.25, -0.2) is 0 Å². The van der Waals surface area contributed by atoms with Gasteiger partial charge in [-0.3, -0.25) is 0 Å². The minimum atomic E-state index is -1.10. The molecule has 0 aromatic rings. The van der Waals surface area contributed by atoms with E-state index in [1.54, 1.807) is 0 Å². The van der Waals surface area contributed by atoms with Gasteiger partial charge in [0.05, 0.1) is 9.68 Å². The quantitative estimate of drug-likeness (QED) is 0.537. The third kappa shape index (κ3) is 2.19. The predicted molar refractivity (Wildman–Crippen MR) is 66.9 cm³/mol. The third-order valence-corrected chi connectivity index (χ3v) is 15.5. The molecule has 1 aliphatic heterocycles. The van der Waals surface area contributed by atoms with Gasteiger partial charge in [-0.2, -0.15) is 0 Å². The van der Waals surface area contributed by atoms with Crippen LogP contribution >= 0.6 is 11.6 Å². The molecule has 0 radical (unpaired) electrons. The van der Waals surface area contributed by atoms with E-state index in [0.29, 0.717) is 5.04 Å². The summed E-state index contributed by atoms with van der Waals surface area (Å²) in [5.41, 5.74) is 0. The van der Waals surface area contributed by atoms with Crippen molar-refractivity contribution < 1.29 is 0 Å². The molecular weight excluding hydrogens is 214 g/mol. The Hall–Kier alpha value is 0.684. The van der Waals surface area contributed by atoms with Crippen molar-refractivity contribution in [2.45, 2.75) is 44.4 Å². The number of rotatable bonds is 3. The van der Waals surface area contributed by atoms with Gasteiger partial charge in [0.15, 0.2) is 0 Å². The third-order valence-electron chi connectivity index (χ3n) is 4.02. The van der Waals surface area contributed by atoms with Crippen LogP contribution in [-0.4, -0.2) is 34.6 Å². The summed E-state index contributed by atoms with van der Waals surface area (Å²) in [5.74, 6) is 0.829. The molecule has 13 heavy (non-hydrogen) atoms. The van der Waals surface area contributed by atoms with E-state index >= 15 is 0 Å². The first-order valence-electron chi connectivity index (χ1n) is 5.23. The first-order chi connectivity index (χ1) is 5.92. The molecule has 1 fully saturated rings. The van der Waals surface area contributed by atoms with Crippen molar-refractivity contribution in [3.63, 3.8) is 0 Å². The Morgan fingerprint density at radius 1 is 1.46 bits per heavy atom. The number of halogens is 1. The number of hydrogen-bond acceptors (Lipinski definition) is 1.